The summed E-state index contributed by atoms with van der Waals surface area (Å²) >= 11 is 4.74. The van der Waals surface area contributed by atoms with Gasteiger partial charge in [0.05, 0.1) is 18.6 Å². The molecule has 0 radical (unpaired) electrons. The maximum Gasteiger partial charge on any atom is 0.234 e. The van der Waals surface area contributed by atoms with Crippen LogP contribution in [0.3, 0.4) is 0 Å². The van der Waals surface area contributed by atoms with Crippen LogP contribution in [-0.2, 0) is 11.3 Å². The van der Waals surface area contributed by atoms with Crippen LogP contribution < -0.4 is 5.32 Å². The second-order valence-corrected chi connectivity index (χ2v) is 8.49. The van der Waals surface area contributed by atoms with Crippen molar-refractivity contribution in [2.24, 2.45) is 0 Å². The Morgan fingerprint density at radius 2 is 1.90 bits per heavy atom. The van der Waals surface area contributed by atoms with E-state index in [1.807, 2.05) is 72.2 Å². The number of rotatable bonds is 7. The van der Waals surface area contributed by atoms with E-state index in [0.717, 1.165) is 32.9 Å². The predicted molar refractivity (Wildman–Crippen MR) is 122 cm³/mol. The van der Waals surface area contributed by atoms with Gasteiger partial charge in [0, 0.05) is 15.7 Å². The highest BCUT2D eigenvalue weighted by atomic mass is 79.9. The Bertz CT molecular complexity index is 1140. The summed E-state index contributed by atoms with van der Waals surface area (Å²) in [4.78, 5) is 12.4. The Hall–Kier alpha value is -2.84. The molecule has 0 fully saturated rings. The monoisotopic (exact) mass is 482 g/mol. The van der Waals surface area contributed by atoms with Crippen LogP contribution in [-0.4, -0.2) is 26.4 Å². The lowest BCUT2D eigenvalue weighted by Crippen LogP contribution is -2.14. The summed E-state index contributed by atoms with van der Waals surface area (Å²) in [5, 5.41) is 12.3. The van der Waals surface area contributed by atoms with Crippen molar-refractivity contribution in [1.29, 1.82) is 0 Å². The van der Waals surface area contributed by atoms with E-state index in [1.165, 1.54) is 11.8 Å². The van der Waals surface area contributed by atoms with Crippen LogP contribution in [0.5, 0.6) is 0 Å². The van der Waals surface area contributed by atoms with Gasteiger partial charge in [-0.15, -0.1) is 10.2 Å². The number of halogens is 1. The predicted octanol–water partition coefficient (Wildman–Crippen LogP) is 5.39. The maximum atomic E-state index is 12.4. The number of aryl methyl sites for hydroxylation is 1. The molecule has 0 unspecified atom stereocenters. The van der Waals surface area contributed by atoms with E-state index in [2.05, 4.69) is 31.4 Å². The number of aromatic nitrogens is 3. The fourth-order valence-corrected chi connectivity index (χ4v) is 3.98. The standard InChI is InChI=1S/C22H19BrN4O2S/c1-15-5-2-3-7-19(15)21-25-26-22(27(21)13-18-6-4-12-29-18)30-14-20(28)24-17-10-8-16(23)9-11-17/h2-12H,13-14H2,1H3,(H,24,28). The number of hydrogen-bond acceptors (Lipinski definition) is 5. The van der Waals surface area contributed by atoms with Gasteiger partial charge in [-0.2, -0.15) is 0 Å². The van der Waals surface area contributed by atoms with Gasteiger partial charge in [-0.25, -0.2) is 0 Å². The average Bonchev–Trinajstić information content (AvgIpc) is 3.39. The summed E-state index contributed by atoms with van der Waals surface area (Å²) in [7, 11) is 0. The molecule has 4 aromatic rings. The molecule has 4 rings (SSSR count). The fraction of sp³-hybridized carbons (Fsp3) is 0.136. The van der Waals surface area contributed by atoms with E-state index in [1.54, 1.807) is 6.26 Å². The van der Waals surface area contributed by atoms with Crippen LogP contribution >= 0.6 is 27.7 Å². The quantitative estimate of drug-likeness (QED) is 0.357. The molecular formula is C22H19BrN4O2S. The minimum Gasteiger partial charge on any atom is -0.467 e. The Kier molecular flexibility index (Phi) is 6.35. The molecule has 30 heavy (non-hydrogen) atoms. The first-order valence-corrected chi connectivity index (χ1v) is 11.1. The van der Waals surface area contributed by atoms with Gasteiger partial charge < -0.3 is 9.73 Å². The molecule has 152 valence electrons. The highest BCUT2D eigenvalue weighted by molar-refractivity contribution is 9.10. The van der Waals surface area contributed by atoms with Crippen molar-refractivity contribution in [3.63, 3.8) is 0 Å². The van der Waals surface area contributed by atoms with Crippen molar-refractivity contribution >= 4 is 39.3 Å². The molecule has 0 spiro atoms. The molecule has 0 bridgehead atoms. The van der Waals surface area contributed by atoms with E-state index in [-0.39, 0.29) is 11.7 Å². The van der Waals surface area contributed by atoms with E-state index in [4.69, 9.17) is 4.42 Å². The van der Waals surface area contributed by atoms with Crippen LogP contribution in [0.15, 0.2) is 81.0 Å². The minimum atomic E-state index is -0.104. The first kappa shape index (κ1) is 20.4. The second kappa shape index (κ2) is 9.32. The Labute approximate surface area is 186 Å². The number of carbonyl (C=O) groups is 1. The van der Waals surface area contributed by atoms with Crippen molar-refractivity contribution in [2.45, 2.75) is 18.6 Å². The van der Waals surface area contributed by atoms with Gasteiger partial charge in [-0.05, 0) is 48.9 Å². The van der Waals surface area contributed by atoms with E-state index < -0.39 is 0 Å². The van der Waals surface area contributed by atoms with Crippen LogP contribution in [0.2, 0.25) is 0 Å². The third-order valence-corrected chi connectivity index (χ3v) is 5.95. The summed E-state index contributed by atoms with van der Waals surface area (Å²) in [5.41, 5.74) is 2.86. The molecule has 0 atom stereocenters. The van der Waals surface area contributed by atoms with Gasteiger partial charge in [0.25, 0.3) is 0 Å². The van der Waals surface area contributed by atoms with Crippen LogP contribution in [0.4, 0.5) is 5.69 Å². The van der Waals surface area contributed by atoms with Crippen LogP contribution in [0.25, 0.3) is 11.4 Å². The molecular weight excluding hydrogens is 464 g/mol. The number of thioether (sulfide) groups is 1. The zero-order chi connectivity index (χ0) is 20.9. The van der Waals surface area contributed by atoms with Gasteiger partial charge >= 0.3 is 0 Å². The van der Waals surface area contributed by atoms with Crippen molar-refractivity contribution in [2.75, 3.05) is 11.1 Å². The van der Waals surface area contributed by atoms with Gasteiger partial charge in [-0.3, -0.25) is 9.36 Å². The Morgan fingerprint density at radius 3 is 2.63 bits per heavy atom. The minimum absolute atomic E-state index is 0.104. The zero-order valence-electron chi connectivity index (χ0n) is 16.2. The van der Waals surface area contributed by atoms with Crippen LogP contribution in [0.1, 0.15) is 11.3 Å². The van der Waals surface area contributed by atoms with Crippen LogP contribution in [0, 0.1) is 6.92 Å². The maximum absolute atomic E-state index is 12.4. The van der Waals surface area contributed by atoms with E-state index in [0.29, 0.717) is 11.7 Å². The third kappa shape index (κ3) is 4.83. The molecule has 0 saturated heterocycles. The van der Waals surface area contributed by atoms with E-state index in [9.17, 15) is 4.79 Å². The van der Waals surface area contributed by atoms with Crippen molar-refractivity contribution < 1.29 is 9.21 Å². The number of benzene rings is 2. The molecule has 2 aromatic carbocycles. The number of carbonyl (C=O) groups excluding carboxylic acids is 1. The first-order valence-electron chi connectivity index (χ1n) is 9.30. The number of anilines is 1. The molecule has 0 aliphatic rings. The lowest BCUT2D eigenvalue weighted by atomic mass is 10.1. The molecule has 0 aliphatic carbocycles. The van der Waals surface area contributed by atoms with Crippen molar-refractivity contribution in [3.8, 4) is 11.4 Å². The van der Waals surface area contributed by atoms with Crippen molar-refractivity contribution in [3.05, 3.63) is 82.7 Å². The summed E-state index contributed by atoms with van der Waals surface area (Å²) in [6.07, 6.45) is 1.64. The third-order valence-electron chi connectivity index (χ3n) is 4.46. The van der Waals surface area contributed by atoms with Gasteiger partial charge in [0.1, 0.15) is 5.76 Å². The lowest BCUT2D eigenvalue weighted by Gasteiger charge is -2.10. The lowest BCUT2D eigenvalue weighted by molar-refractivity contribution is -0.113. The average molecular weight is 483 g/mol. The summed E-state index contributed by atoms with van der Waals surface area (Å²) in [5.74, 6) is 1.67. The highest BCUT2D eigenvalue weighted by Crippen LogP contribution is 2.27. The largest absolute Gasteiger partial charge is 0.467 e. The molecule has 8 heteroatoms. The smallest absolute Gasteiger partial charge is 0.234 e. The zero-order valence-corrected chi connectivity index (χ0v) is 18.6. The molecule has 0 aliphatic heterocycles. The summed E-state index contributed by atoms with van der Waals surface area (Å²) < 4.78 is 8.48. The SMILES string of the molecule is Cc1ccccc1-c1nnc(SCC(=O)Nc2ccc(Br)cc2)n1Cc1ccco1. The molecule has 6 nitrogen and oxygen atoms in total. The van der Waals surface area contributed by atoms with Crippen molar-refractivity contribution in [1.82, 2.24) is 14.8 Å². The molecule has 1 N–H and O–H groups in total. The second-order valence-electron chi connectivity index (χ2n) is 6.63. The Balaban J connectivity index is 1.54. The van der Waals surface area contributed by atoms with Gasteiger partial charge in [-0.1, -0.05) is 52.0 Å². The highest BCUT2D eigenvalue weighted by Gasteiger charge is 2.18. The Morgan fingerprint density at radius 1 is 1.10 bits per heavy atom. The number of nitrogens with one attached hydrogen (secondary N) is 1. The summed E-state index contributed by atoms with van der Waals surface area (Å²) in [6, 6.07) is 19.3. The number of hydrogen-bond donors (Lipinski definition) is 1. The van der Waals surface area contributed by atoms with Gasteiger partial charge in [0.2, 0.25) is 5.91 Å². The summed E-state index contributed by atoms with van der Waals surface area (Å²) in [6.45, 7) is 2.53. The normalized spacial score (nSPS) is 10.9. The fourth-order valence-electron chi connectivity index (χ4n) is 2.98. The van der Waals surface area contributed by atoms with Gasteiger partial charge in [0.15, 0.2) is 11.0 Å². The number of furan rings is 1. The number of amides is 1. The molecule has 2 aromatic heterocycles. The van der Waals surface area contributed by atoms with E-state index >= 15 is 0 Å². The molecule has 0 saturated carbocycles. The first-order chi connectivity index (χ1) is 14.6. The number of nitrogens with zero attached hydrogens (tertiary/aromatic N) is 3. The topological polar surface area (TPSA) is 73.0 Å². The molecule has 2 heterocycles. The molecule has 1 amide bonds.